The van der Waals surface area contributed by atoms with Gasteiger partial charge in [-0.05, 0) is 49.8 Å². The third kappa shape index (κ3) is 4.90. The number of carbonyl (C=O) groups is 1. The zero-order valence-electron chi connectivity index (χ0n) is 12.2. The highest BCUT2D eigenvalue weighted by atomic mass is 35.5. The lowest BCUT2D eigenvalue weighted by atomic mass is 10.0. The molecule has 1 aliphatic heterocycles. The first-order chi connectivity index (χ1) is 10.2. The van der Waals surface area contributed by atoms with E-state index < -0.39 is 0 Å². The first-order valence-electron chi connectivity index (χ1n) is 7.60. The maximum atomic E-state index is 12.2. The van der Waals surface area contributed by atoms with E-state index in [1.807, 2.05) is 29.2 Å². The molecule has 1 atom stereocenters. The van der Waals surface area contributed by atoms with Crippen LogP contribution in [0, 0.1) is 0 Å². The van der Waals surface area contributed by atoms with Crippen molar-refractivity contribution in [1.82, 2.24) is 10.2 Å². The summed E-state index contributed by atoms with van der Waals surface area (Å²) in [5.41, 5.74) is 1.12. The molecule has 0 spiro atoms. The highest BCUT2D eigenvalue weighted by molar-refractivity contribution is 6.30. The average molecular weight is 311 g/mol. The summed E-state index contributed by atoms with van der Waals surface area (Å²) in [5.74, 6) is 0. The molecule has 1 unspecified atom stereocenters. The van der Waals surface area contributed by atoms with E-state index in [9.17, 15) is 4.79 Å². The van der Waals surface area contributed by atoms with Crippen LogP contribution in [0.1, 0.15) is 31.2 Å². The number of nitrogens with one attached hydrogen (secondary N) is 1. The minimum atomic E-state index is -0.0184. The summed E-state index contributed by atoms with van der Waals surface area (Å²) in [6, 6.07) is 7.85. The molecule has 1 aromatic carbocycles. The quantitative estimate of drug-likeness (QED) is 0.878. The fourth-order valence-electron chi connectivity index (χ4n) is 2.82. The van der Waals surface area contributed by atoms with Crippen molar-refractivity contribution >= 4 is 17.6 Å². The number of nitrogens with zero attached hydrogens (tertiary/aromatic N) is 1. The molecule has 5 heteroatoms. The number of piperidine rings is 1. The Morgan fingerprint density at radius 3 is 3.05 bits per heavy atom. The summed E-state index contributed by atoms with van der Waals surface area (Å²) in [4.78, 5) is 14.1. The number of amides is 2. The zero-order valence-corrected chi connectivity index (χ0v) is 13.0. The molecule has 1 aromatic rings. The summed E-state index contributed by atoms with van der Waals surface area (Å²) >= 11 is 5.94. The number of likely N-dealkylation sites (tertiary alicyclic amines) is 1. The molecule has 0 aliphatic carbocycles. The van der Waals surface area contributed by atoms with Crippen molar-refractivity contribution in [1.29, 1.82) is 0 Å². The van der Waals surface area contributed by atoms with Crippen molar-refractivity contribution in [2.24, 2.45) is 0 Å². The standard InChI is InChI=1S/C16H23ClN2O2/c17-14-5-3-4-13(12-14)7-9-18-16(21)19-10-2-1-6-15(19)8-11-20/h3-5,12,15,20H,1-2,6-11H2,(H,18,21). The minimum absolute atomic E-state index is 0.0184. The molecule has 116 valence electrons. The van der Waals surface area contributed by atoms with Crippen LogP contribution in [0.25, 0.3) is 0 Å². The van der Waals surface area contributed by atoms with Gasteiger partial charge >= 0.3 is 6.03 Å². The molecule has 0 saturated carbocycles. The molecule has 2 N–H and O–H groups in total. The Bertz CT molecular complexity index is 465. The van der Waals surface area contributed by atoms with E-state index in [1.165, 1.54) is 0 Å². The highest BCUT2D eigenvalue weighted by Gasteiger charge is 2.25. The second kappa shape index (κ2) is 8.25. The Morgan fingerprint density at radius 2 is 2.29 bits per heavy atom. The van der Waals surface area contributed by atoms with Gasteiger partial charge in [-0.2, -0.15) is 0 Å². The molecule has 1 fully saturated rings. The average Bonchev–Trinajstić information content (AvgIpc) is 2.48. The number of aliphatic hydroxyl groups excluding tert-OH is 1. The normalized spacial score (nSPS) is 18.6. The van der Waals surface area contributed by atoms with E-state index in [1.54, 1.807) is 0 Å². The molecular weight excluding hydrogens is 288 g/mol. The van der Waals surface area contributed by atoms with Gasteiger partial charge in [0.1, 0.15) is 0 Å². The van der Waals surface area contributed by atoms with Gasteiger partial charge in [-0.15, -0.1) is 0 Å². The minimum Gasteiger partial charge on any atom is -0.396 e. The van der Waals surface area contributed by atoms with Gasteiger partial charge < -0.3 is 15.3 Å². The third-order valence-electron chi connectivity index (χ3n) is 3.93. The Hall–Kier alpha value is -1.26. The molecule has 1 saturated heterocycles. The topological polar surface area (TPSA) is 52.6 Å². The second-order valence-electron chi connectivity index (χ2n) is 5.47. The second-order valence-corrected chi connectivity index (χ2v) is 5.90. The van der Waals surface area contributed by atoms with E-state index in [4.69, 9.17) is 16.7 Å². The molecule has 1 heterocycles. The third-order valence-corrected chi connectivity index (χ3v) is 4.16. The van der Waals surface area contributed by atoms with Crippen molar-refractivity contribution in [2.45, 2.75) is 38.1 Å². The molecule has 21 heavy (non-hydrogen) atoms. The molecule has 0 aromatic heterocycles. The van der Waals surface area contributed by atoms with Gasteiger partial charge in [0.15, 0.2) is 0 Å². The fourth-order valence-corrected chi connectivity index (χ4v) is 3.04. The first-order valence-corrected chi connectivity index (χ1v) is 7.98. The van der Waals surface area contributed by atoms with E-state index >= 15 is 0 Å². The van der Waals surface area contributed by atoms with Gasteiger partial charge in [-0.1, -0.05) is 23.7 Å². The van der Waals surface area contributed by atoms with Gasteiger partial charge in [-0.3, -0.25) is 0 Å². The van der Waals surface area contributed by atoms with Crippen LogP contribution in [-0.2, 0) is 6.42 Å². The number of urea groups is 1. The highest BCUT2D eigenvalue weighted by Crippen LogP contribution is 2.19. The van der Waals surface area contributed by atoms with Gasteiger partial charge in [0, 0.05) is 30.8 Å². The fraction of sp³-hybridized carbons (Fsp3) is 0.562. The molecule has 2 amide bonds. The smallest absolute Gasteiger partial charge is 0.317 e. The number of hydrogen-bond acceptors (Lipinski definition) is 2. The molecule has 1 aliphatic rings. The van der Waals surface area contributed by atoms with Crippen molar-refractivity contribution < 1.29 is 9.90 Å². The Morgan fingerprint density at radius 1 is 1.43 bits per heavy atom. The molecular formula is C16H23ClN2O2. The lowest BCUT2D eigenvalue weighted by Gasteiger charge is -2.35. The predicted molar refractivity (Wildman–Crippen MR) is 84.6 cm³/mol. The Labute approximate surface area is 131 Å². The zero-order chi connectivity index (χ0) is 15.1. The van der Waals surface area contributed by atoms with Gasteiger partial charge in [0.25, 0.3) is 0 Å². The predicted octanol–water partition coefficient (Wildman–Crippen LogP) is 2.83. The van der Waals surface area contributed by atoms with E-state index in [2.05, 4.69) is 5.32 Å². The maximum absolute atomic E-state index is 12.2. The summed E-state index contributed by atoms with van der Waals surface area (Å²) in [5, 5.41) is 12.8. The molecule has 0 bridgehead atoms. The Balaban J connectivity index is 1.80. The van der Waals surface area contributed by atoms with E-state index in [0.29, 0.717) is 13.0 Å². The van der Waals surface area contributed by atoms with Crippen LogP contribution in [0.3, 0.4) is 0 Å². The van der Waals surface area contributed by atoms with Gasteiger partial charge in [0.2, 0.25) is 0 Å². The number of aliphatic hydroxyl groups is 1. The number of halogens is 1. The molecule has 2 rings (SSSR count). The van der Waals surface area contributed by atoms with Gasteiger partial charge in [-0.25, -0.2) is 4.79 Å². The van der Waals surface area contributed by atoms with Gasteiger partial charge in [0.05, 0.1) is 0 Å². The number of hydrogen-bond donors (Lipinski definition) is 2. The van der Waals surface area contributed by atoms with Crippen LogP contribution >= 0.6 is 11.6 Å². The van der Waals surface area contributed by atoms with Crippen LogP contribution < -0.4 is 5.32 Å². The van der Waals surface area contributed by atoms with E-state index in [-0.39, 0.29) is 18.7 Å². The number of benzene rings is 1. The van der Waals surface area contributed by atoms with Crippen LogP contribution in [0.15, 0.2) is 24.3 Å². The van der Waals surface area contributed by atoms with Crippen molar-refractivity contribution in [3.05, 3.63) is 34.9 Å². The van der Waals surface area contributed by atoms with Crippen LogP contribution in [0.2, 0.25) is 5.02 Å². The van der Waals surface area contributed by atoms with Crippen LogP contribution in [0.4, 0.5) is 4.79 Å². The van der Waals surface area contributed by atoms with Crippen molar-refractivity contribution in [2.75, 3.05) is 19.7 Å². The maximum Gasteiger partial charge on any atom is 0.317 e. The molecule has 0 radical (unpaired) electrons. The summed E-state index contributed by atoms with van der Waals surface area (Å²) < 4.78 is 0. The van der Waals surface area contributed by atoms with Crippen LogP contribution in [0.5, 0.6) is 0 Å². The summed E-state index contributed by atoms with van der Waals surface area (Å²) in [7, 11) is 0. The SMILES string of the molecule is O=C(NCCc1cccc(Cl)c1)N1CCCCC1CCO. The lowest BCUT2D eigenvalue weighted by Crippen LogP contribution is -2.49. The Kier molecular flexibility index (Phi) is 6.33. The number of rotatable bonds is 5. The van der Waals surface area contributed by atoms with Crippen molar-refractivity contribution in [3.63, 3.8) is 0 Å². The van der Waals surface area contributed by atoms with Crippen molar-refractivity contribution in [3.8, 4) is 0 Å². The number of carbonyl (C=O) groups excluding carboxylic acids is 1. The van der Waals surface area contributed by atoms with E-state index in [0.717, 1.165) is 42.8 Å². The largest absolute Gasteiger partial charge is 0.396 e. The summed E-state index contributed by atoms with van der Waals surface area (Å²) in [6.07, 6.45) is 4.61. The van der Waals surface area contributed by atoms with Crippen LogP contribution in [-0.4, -0.2) is 41.8 Å². The summed E-state index contributed by atoms with van der Waals surface area (Å²) in [6.45, 7) is 1.52. The lowest BCUT2D eigenvalue weighted by molar-refractivity contribution is 0.132. The molecule has 4 nitrogen and oxygen atoms in total. The first kappa shape index (κ1) is 16.1. The monoisotopic (exact) mass is 310 g/mol.